The van der Waals surface area contributed by atoms with Crippen molar-refractivity contribution in [2.45, 2.75) is 40.6 Å². The molecule has 120 valence electrons. The van der Waals surface area contributed by atoms with Gasteiger partial charge in [-0.3, -0.25) is 4.68 Å². The van der Waals surface area contributed by atoms with Crippen LogP contribution in [0.25, 0.3) is 0 Å². The molecule has 0 saturated carbocycles. The lowest BCUT2D eigenvalue weighted by atomic mass is 10.3. The van der Waals surface area contributed by atoms with Gasteiger partial charge >= 0.3 is 0 Å². The van der Waals surface area contributed by atoms with E-state index in [1.54, 1.807) is 10.9 Å². The molecule has 2 heterocycles. The molecular weight excluding hydrogens is 300 g/mol. The van der Waals surface area contributed by atoms with Crippen LogP contribution in [0.5, 0.6) is 0 Å². The lowest BCUT2D eigenvalue weighted by molar-refractivity contribution is 0.0792. The summed E-state index contributed by atoms with van der Waals surface area (Å²) in [6.45, 7) is 8.62. The molecule has 0 saturated heterocycles. The molecule has 7 nitrogen and oxygen atoms in total. The topological polar surface area (TPSA) is 68.9 Å². The van der Waals surface area contributed by atoms with Crippen LogP contribution < -0.4 is 10.6 Å². The first-order valence-corrected chi connectivity index (χ1v) is 7.71. The summed E-state index contributed by atoms with van der Waals surface area (Å²) in [7, 11) is 0. The van der Waals surface area contributed by atoms with Crippen LogP contribution in [-0.2, 0) is 24.6 Å². The van der Waals surface area contributed by atoms with Gasteiger partial charge in [-0.25, -0.2) is 4.68 Å². The Balaban J connectivity index is 1.82. The second-order valence-electron chi connectivity index (χ2n) is 4.79. The molecule has 22 heavy (non-hydrogen) atoms. The normalized spacial score (nSPS) is 10.7. The van der Waals surface area contributed by atoms with Crippen molar-refractivity contribution >= 4 is 23.0 Å². The summed E-state index contributed by atoms with van der Waals surface area (Å²) in [4.78, 5) is 0. The minimum absolute atomic E-state index is 0.438. The molecule has 2 N–H and O–H groups in total. The number of nitrogens with one attached hydrogen (secondary N) is 2. The Bertz CT molecular complexity index is 621. The largest absolute Gasteiger partial charge is 0.360 e. The molecule has 2 rings (SSSR count). The standard InChI is InChI=1S/C14H22N6OS/c1-4-19-8-12(11(3)18-19)6-15-14(22)17-13-7-16-20(9-13)10-21-5-2/h7-9H,4-6,10H2,1-3H3,(H2,15,17,22). The summed E-state index contributed by atoms with van der Waals surface area (Å²) in [5.74, 6) is 0. The Labute approximate surface area is 135 Å². The molecule has 0 amide bonds. The van der Waals surface area contributed by atoms with E-state index in [-0.39, 0.29) is 0 Å². The zero-order valence-corrected chi connectivity index (χ0v) is 14.0. The molecule has 2 aromatic rings. The van der Waals surface area contributed by atoms with E-state index in [1.165, 1.54) is 0 Å². The highest BCUT2D eigenvalue weighted by Gasteiger charge is 2.06. The number of ether oxygens (including phenoxy) is 1. The van der Waals surface area contributed by atoms with Gasteiger partial charge in [0, 0.05) is 31.5 Å². The fourth-order valence-electron chi connectivity index (χ4n) is 1.93. The highest BCUT2D eigenvalue weighted by Crippen LogP contribution is 2.07. The van der Waals surface area contributed by atoms with Crippen molar-refractivity contribution in [1.82, 2.24) is 24.9 Å². The molecule has 0 aliphatic carbocycles. The quantitative estimate of drug-likeness (QED) is 0.759. The average molecular weight is 322 g/mol. The number of thiocarbonyl (C=S) groups is 1. The van der Waals surface area contributed by atoms with Gasteiger partial charge in [-0.15, -0.1) is 0 Å². The second-order valence-corrected chi connectivity index (χ2v) is 5.20. The number of hydrogen-bond donors (Lipinski definition) is 2. The Kier molecular flexibility index (Phi) is 5.91. The SMILES string of the molecule is CCOCn1cc(NC(=S)NCc2cn(CC)nc2C)cn1. The van der Waals surface area contributed by atoms with Crippen molar-refractivity contribution < 1.29 is 4.74 Å². The summed E-state index contributed by atoms with van der Waals surface area (Å²) in [6.07, 6.45) is 5.60. The third kappa shape index (κ3) is 4.54. The van der Waals surface area contributed by atoms with Crippen LogP contribution in [0.2, 0.25) is 0 Å². The second kappa shape index (κ2) is 7.90. The van der Waals surface area contributed by atoms with Crippen molar-refractivity contribution in [3.05, 3.63) is 29.8 Å². The molecule has 0 atom stereocenters. The maximum Gasteiger partial charge on any atom is 0.171 e. The van der Waals surface area contributed by atoms with Crippen molar-refractivity contribution in [3.8, 4) is 0 Å². The van der Waals surface area contributed by atoms with Gasteiger partial charge in [-0.1, -0.05) is 0 Å². The molecule has 0 aliphatic heterocycles. The summed E-state index contributed by atoms with van der Waals surface area (Å²) < 4.78 is 8.91. The fourth-order valence-corrected chi connectivity index (χ4v) is 2.12. The lowest BCUT2D eigenvalue weighted by Gasteiger charge is -2.08. The summed E-state index contributed by atoms with van der Waals surface area (Å²) in [5, 5.41) is 15.4. The number of aryl methyl sites for hydroxylation is 2. The van der Waals surface area contributed by atoms with Gasteiger partial charge < -0.3 is 15.4 Å². The van der Waals surface area contributed by atoms with Crippen molar-refractivity contribution in [2.75, 3.05) is 11.9 Å². The minimum atomic E-state index is 0.438. The lowest BCUT2D eigenvalue weighted by Crippen LogP contribution is -2.27. The van der Waals surface area contributed by atoms with Crippen molar-refractivity contribution in [3.63, 3.8) is 0 Å². The van der Waals surface area contributed by atoms with Crippen molar-refractivity contribution in [2.24, 2.45) is 0 Å². The number of aromatic nitrogens is 4. The van der Waals surface area contributed by atoms with Crippen molar-refractivity contribution in [1.29, 1.82) is 0 Å². The molecule has 0 aliphatic rings. The number of nitrogens with zero attached hydrogens (tertiary/aromatic N) is 4. The number of hydrogen-bond acceptors (Lipinski definition) is 4. The zero-order valence-electron chi connectivity index (χ0n) is 13.2. The van der Waals surface area contributed by atoms with Gasteiger partial charge in [0.2, 0.25) is 0 Å². The van der Waals surface area contributed by atoms with E-state index in [0.717, 1.165) is 23.5 Å². The van der Waals surface area contributed by atoms with Gasteiger partial charge in [-0.05, 0) is 33.0 Å². The van der Waals surface area contributed by atoms with Gasteiger partial charge in [0.25, 0.3) is 0 Å². The highest BCUT2D eigenvalue weighted by molar-refractivity contribution is 7.80. The van der Waals surface area contributed by atoms with Crippen LogP contribution in [0.15, 0.2) is 18.6 Å². The predicted octanol–water partition coefficient (Wildman–Crippen LogP) is 1.89. The van der Waals surface area contributed by atoms with Crippen LogP contribution >= 0.6 is 12.2 Å². The average Bonchev–Trinajstić information content (AvgIpc) is 3.09. The highest BCUT2D eigenvalue weighted by atomic mass is 32.1. The molecule has 8 heteroatoms. The molecule has 0 spiro atoms. The van der Waals surface area contributed by atoms with Crippen LogP contribution in [0.4, 0.5) is 5.69 Å². The third-order valence-electron chi connectivity index (χ3n) is 3.13. The molecule has 0 radical (unpaired) electrons. The van der Waals surface area contributed by atoms with Gasteiger partial charge in [-0.2, -0.15) is 10.2 Å². The summed E-state index contributed by atoms with van der Waals surface area (Å²) >= 11 is 5.29. The fraction of sp³-hybridized carbons (Fsp3) is 0.500. The van der Waals surface area contributed by atoms with Gasteiger partial charge in [0.1, 0.15) is 6.73 Å². The summed E-state index contributed by atoms with van der Waals surface area (Å²) in [6, 6.07) is 0. The van der Waals surface area contributed by atoms with E-state index in [1.807, 2.05) is 30.9 Å². The maximum atomic E-state index is 5.29. The van der Waals surface area contributed by atoms with E-state index in [9.17, 15) is 0 Å². The van der Waals surface area contributed by atoms with E-state index >= 15 is 0 Å². The maximum absolute atomic E-state index is 5.29. The Morgan fingerprint density at radius 1 is 1.32 bits per heavy atom. The van der Waals surface area contributed by atoms with E-state index in [4.69, 9.17) is 17.0 Å². The van der Waals surface area contributed by atoms with Crippen LogP contribution in [0.3, 0.4) is 0 Å². The first-order chi connectivity index (χ1) is 10.6. The predicted molar refractivity (Wildman–Crippen MR) is 89.6 cm³/mol. The molecule has 0 aromatic carbocycles. The Morgan fingerprint density at radius 2 is 2.14 bits per heavy atom. The van der Waals surface area contributed by atoms with E-state index in [0.29, 0.717) is 25.0 Å². The van der Waals surface area contributed by atoms with Crippen LogP contribution in [-0.4, -0.2) is 31.3 Å². The molecule has 0 bridgehead atoms. The molecule has 0 fully saturated rings. The molecule has 2 aromatic heterocycles. The van der Waals surface area contributed by atoms with Gasteiger partial charge in [0.05, 0.1) is 23.8 Å². The van der Waals surface area contributed by atoms with Crippen LogP contribution in [0, 0.1) is 6.92 Å². The Hall–Kier alpha value is -1.93. The van der Waals surface area contributed by atoms with Gasteiger partial charge in [0.15, 0.2) is 5.11 Å². The molecular formula is C14H22N6OS. The summed E-state index contributed by atoms with van der Waals surface area (Å²) in [5.41, 5.74) is 2.98. The monoisotopic (exact) mass is 322 g/mol. The number of rotatable bonds is 7. The smallest absolute Gasteiger partial charge is 0.171 e. The Morgan fingerprint density at radius 3 is 2.82 bits per heavy atom. The van der Waals surface area contributed by atoms with E-state index in [2.05, 4.69) is 27.8 Å². The van der Waals surface area contributed by atoms with Crippen LogP contribution in [0.1, 0.15) is 25.1 Å². The number of anilines is 1. The minimum Gasteiger partial charge on any atom is -0.360 e. The first kappa shape index (κ1) is 16.4. The molecule has 0 unspecified atom stereocenters. The first-order valence-electron chi connectivity index (χ1n) is 7.30. The zero-order chi connectivity index (χ0) is 15.9. The van der Waals surface area contributed by atoms with E-state index < -0.39 is 0 Å². The third-order valence-corrected chi connectivity index (χ3v) is 3.38.